The first-order chi connectivity index (χ1) is 16.7. The minimum atomic E-state index is -4.44. The van der Waals surface area contributed by atoms with E-state index in [1.54, 1.807) is 0 Å². The molecule has 2 amide bonds. The number of carbonyl (C=O) groups excluding carboxylic acids is 1. The minimum absolute atomic E-state index is 0.0475. The second kappa shape index (κ2) is 7.10. The number of likely N-dealkylation sites (tertiary alicyclic amines) is 2. The Labute approximate surface area is 200 Å². The summed E-state index contributed by atoms with van der Waals surface area (Å²) >= 11 is 0. The summed E-state index contributed by atoms with van der Waals surface area (Å²) in [4.78, 5) is 24.8. The minimum Gasteiger partial charge on any atom is -0.489 e. The molecule has 0 aromatic carbocycles. The zero-order valence-electron chi connectivity index (χ0n) is 19.2. The number of urea groups is 1. The lowest BCUT2D eigenvalue weighted by atomic mass is 9.60. The summed E-state index contributed by atoms with van der Waals surface area (Å²) in [6, 6.07) is 1.50. The third-order valence-electron chi connectivity index (χ3n) is 8.49. The summed E-state index contributed by atoms with van der Waals surface area (Å²) in [6.07, 6.45) is 5.43. The molecule has 0 unspecified atom stereocenters. The van der Waals surface area contributed by atoms with Crippen LogP contribution in [0.1, 0.15) is 61.9 Å². The van der Waals surface area contributed by atoms with Crippen molar-refractivity contribution >= 4 is 6.03 Å². The van der Waals surface area contributed by atoms with E-state index in [1.165, 1.54) is 19.0 Å². The first-order valence-corrected chi connectivity index (χ1v) is 12.3. The number of hydrogen-bond acceptors (Lipinski definition) is 5. The van der Waals surface area contributed by atoms with Crippen molar-refractivity contribution in [1.82, 2.24) is 29.5 Å². The number of carbonyl (C=O) groups is 1. The third kappa shape index (κ3) is 3.65. The second-order valence-corrected chi connectivity index (χ2v) is 11.5. The van der Waals surface area contributed by atoms with Crippen LogP contribution < -0.4 is 4.74 Å². The van der Waals surface area contributed by atoms with Crippen molar-refractivity contribution in [2.45, 2.75) is 62.8 Å². The predicted molar refractivity (Wildman–Crippen MR) is 117 cm³/mol. The smallest absolute Gasteiger partial charge is 0.418 e. The Kier molecular flexibility index (Phi) is 4.35. The van der Waals surface area contributed by atoms with E-state index in [9.17, 15) is 18.0 Å². The molecule has 0 bridgehead atoms. The summed E-state index contributed by atoms with van der Waals surface area (Å²) in [5, 5.41) is 4.66. The quantitative estimate of drug-likeness (QED) is 0.653. The van der Waals surface area contributed by atoms with Crippen LogP contribution in [0.3, 0.4) is 0 Å². The molecule has 0 N–H and O–H groups in total. The maximum atomic E-state index is 12.9. The van der Waals surface area contributed by atoms with Crippen molar-refractivity contribution in [3.63, 3.8) is 0 Å². The highest BCUT2D eigenvalue weighted by atomic mass is 19.4. The normalized spacial score (nSPS) is 25.1. The van der Waals surface area contributed by atoms with Crippen molar-refractivity contribution in [2.75, 3.05) is 26.2 Å². The molecule has 2 saturated heterocycles. The maximum Gasteiger partial charge on any atom is 0.418 e. The average Bonchev–Trinajstić information content (AvgIpc) is 3.44. The highest BCUT2D eigenvalue weighted by Gasteiger charge is 2.59. The molecule has 4 heterocycles. The number of aromatic nitrogens is 4. The van der Waals surface area contributed by atoms with Gasteiger partial charge in [-0.15, -0.1) is 0 Å². The molecule has 186 valence electrons. The van der Waals surface area contributed by atoms with E-state index in [0.29, 0.717) is 25.0 Å². The number of rotatable bonds is 4. The van der Waals surface area contributed by atoms with Crippen LogP contribution in [0, 0.1) is 10.8 Å². The highest BCUT2D eigenvalue weighted by Crippen LogP contribution is 2.55. The molecule has 35 heavy (non-hydrogen) atoms. The van der Waals surface area contributed by atoms with Crippen LogP contribution in [0.15, 0.2) is 24.8 Å². The Bertz CT molecular complexity index is 1150. The molecule has 2 aromatic heterocycles. The van der Waals surface area contributed by atoms with Gasteiger partial charge in [0, 0.05) is 49.1 Å². The van der Waals surface area contributed by atoms with E-state index in [1.807, 2.05) is 20.8 Å². The van der Waals surface area contributed by atoms with E-state index >= 15 is 0 Å². The number of hydrogen-bond donors (Lipinski definition) is 0. The summed E-state index contributed by atoms with van der Waals surface area (Å²) in [6.45, 7) is 3.01. The molecule has 2 spiro atoms. The number of amides is 2. The molecule has 7 rings (SSSR count). The van der Waals surface area contributed by atoms with Gasteiger partial charge >= 0.3 is 12.2 Å². The fraction of sp³-hybridized carbons (Fsp3) is 0.667. The number of nitrogens with zero attached hydrogens (tertiary/aromatic N) is 6. The van der Waals surface area contributed by atoms with Crippen LogP contribution in [0.25, 0.3) is 0 Å². The Balaban J connectivity index is 0.851. The van der Waals surface area contributed by atoms with Crippen LogP contribution in [0.4, 0.5) is 18.0 Å². The van der Waals surface area contributed by atoms with Crippen LogP contribution in [-0.4, -0.2) is 67.9 Å². The van der Waals surface area contributed by atoms with Crippen LogP contribution in [0.2, 0.25) is 0 Å². The monoisotopic (exact) mass is 488 g/mol. The van der Waals surface area contributed by atoms with E-state index in [4.69, 9.17) is 4.74 Å². The van der Waals surface area contributed by atoms with Gasteiger partial charge in [0.25, 0.3) is 0 Å². The summed E-state index contributed by atoms with van der Waals surface area (Å²) in [5.74, 6) is 1.70. The first kappa shape index (κ1) is 21.4. The van der Waals surface area contributed by atoms with E-state index < -0.39 is 11.7 Å². The lowest BCUT2D eigenvalue weighted by Gasteiger charge is -2.63. The molecule has 11 heteroatoms. The zero-order chi connectivity index (χ0) is 24.0. The van der Waals surface area contributed by atoms with Gasteiger partial charge in [0.2, 0.25) is 0 Å². The lowest BCUT2D eigenvalue weighted by Crippen LogP contribution is -2.71. The maximum absolute atomic E-state index is 12.9. The van der Waals surface area contributed by atoms with Crippen molar-refractivity contribution in [3.8, 4) is 5.75 Å². The molecule has 0 radical (unpaired) electrons. The third-order valence-corrected chi connectivity index (χ3v) is 8.49. The molecule has 5 fully saturated rings. The first-order valence-electron chi connectivity index (χ1n) is 12.3. The molecule has 3 aliphatic carbocycles. The lowest BCUT2D eigenvalue weighted by molar-refractivity contribution is -0.138. The van der Waals surface area contributed by atoms with Gasteiger partial charge in [-0.1, -0.05) is 0 Å². The standard InChI is InChI=1S/C24H27F3N6O2/c25-24(26,27)16-3-18(9-28-8-16)35-19-6-23(7-19)12-32(13-23)21(34)31-10-22(11-31)4-17(5-22)33-14-29-20(30-33)15-1-2-15/h3,8-9,14-15,17,19H,1-2,4-7,10-13H2. The van der Waals surface area contributed by atoms with Gasteiger partial charge in [0.15, 0.2) is 5.82 Å². The largest absolute Gasteiger partial charge is 0.489 e. The van der Waals surface area contributed by atoms with Gasteiger partial charge in [0.1, 0.15) is 18.2 Å². The van der Waals surface area contributed by atoms with Crippen LogP contribution in [-0.2, 0) is 6.18 Å². The molecule has 0 atom stereocenters. The van der Waals surface area contributed by atoms with Gasteiger partial charge in [-0.3, -0.25) is 4.98 Å². The fourth-order valence-corrected chi connectivity index (χ4v) is 6.45. The van der Waals surface area contributed by atoms with Crippen molar-refractivity contribution in [1.29, 1.82) is 0 Å². The molecule has 5 aliphatic rings. The van der Waals surface area contributed by atoms with E-state index in [0.717, 1.165) is 56.9 Å². The summed E-state index contributed by atoms with van der Waals surface area (Å²) in [7, 11) is 0. The summed E-state index contributed by atoms with van der Waals surface area (Å²) in [5.41, 5.74) is -0.520. The van der Waals surface area contributed by atoms with Crippen molar-refractivity contribution in [2.24, 2.45) is 10.8 Å². The highest BCUT2D eigenvalue weighted by molar-refractivity contribution is 5.77. The molecular formula is C24H27F3N6O2. The van der Waals surface area contributed by atoms with Crippen LogP contribution in [0.5, 0.6) is 5.75 Å². The van der Waals surface area contributed by atoms with Crippen molar-refractivity contribution in [3.05, 3.63) is 36.2 Å². The SMILES string of the molecule is O=C(N1CC2(CC(Oc3cncc(C(F)(F)F)c3)C2)C1)N1CC2(CC(n3cnc(C4CC4)n3)C2)C1. The van der Waals surface area contributed by atoms with Gasteiger partial charge < -0.3 is 14.5 Å². The fourth-order valence-electron chi connectivity index (χ4n) is 6.45. The Hall–Kier alpha value is -2.85. The Morgan fingerprint density at radius 1 is 1.00 bits per heavy atom. The van der Waals surface area contributed by atoms with Crippen LogP contribution >= 0.6 is 0 Å². The Morgan fingerprint density at radius 2 is 1.66 bits per heavy atom. The molecule has 3 saturated carbocycles. The number of ether oxygens (including phenoxy) is 1. The number of alkyl halides is 3. The topological polar surface area (TPSA) is 76.4 Å². The number of halogens is 3. The predicted octanol–water partition coefficient (Wildman–Crippen LogP) is 3.87. The average molecular weight is 489 g/mol. The molecular weight excluding hydrogens is 461 g/mol. The number of pyridine rings is 1. The zero-order valence-corrected chi connectivity index (χ0v) is 19.2. The van der Waals surface area contributed by atoms with E-state index in [2.05, 4.69) is 15.1 Å². The molecule has 2 aliphatic heterocycles. The van der Waals surface area contributed by atoms with Gasteiger partial charge in [-0.25, -0.2) is 14.5 Å². The second-order valence-electron chi connectivity index (χ2n) is 11.5. The molecule has 8 nitrogen and oxygen atoms in total. The summed E-state index contributed by atoms with van der Waals surface area (Å²) < 4.78 is 46.3. The van der Waals surface area contributed by atoms with Crippen molar-refractivity contribution < 1.29 is 22.7 Å². The van der Waals surface area contributed by atoms with Gasteiger partial charge in [-0.05, 0) is 44.6 Å². The van der Waals surface area contributed by atoms with Gasteiger partial charge in [-0.2, -0.15) is 18.3 Å². The Morgan fingerprint density at radius 3 is 2.29 bits per heavy atom. The molecule has 2 aromatic rings. The van der Waals surface area contributed by atoms with E-state index in [-0.39, 0.29) is 28.7 Å². The van der Waals surface area contributed by atoms with Gasteiger partial charge in [0.05, 0.1) is 17.8 Å².